The lowest BCUT2D eigenvalue weighted by Gasteiger charge is -2.44. The summed E-state index contributed by atoms with van der Waals surface area (Å²) in [7, 11) is 0. The second-order valence-electron chi connectivity index (χ2n) is 7.81. The van der Waals surface area contributed by atoms with Gasteiger partial charge in [0.2, 0.25) is 5.91 Å². The minimum Gasteiger partial charge on any atom is -0.338 e. The summed E-state index contributed by atoms with van der Waals surface area (Å²) in [5.41, 5.74) is -0.763. The van der Waals surface area contributed by atoms with Crippen LogP contribution in [-0.4, -0.2) is 51.9 Å². The van der Waals surface area contributed by atoms with Crippen molar-refractivity contribution >= 4 is 23.6 Å². The fourth-order valence-corrected chi connectivity index (χ4v) is 5.38. The van der Waals surface area contributed by atoms with Gasteiger partial charge in [-0.25, -0.2) is 0 Å². The van der Waals surface area contributed by atoms with Crippen molar-refractivity contribution in [2.45, 2.75) is 44.2 Å². The third-order valence-corrected chi connectivity index (χ3v) is 6.88. The summed E-state index contributed by atoms with van der Waals surface area (Å²) in [6.45, 7) is 5.63. The van der Waals surface area contributed by atoms with E-state index in [2.05, 4.69) is 0 Å². The molecule has 28 heavy (non-hydrogen) atoms. The number of hydrogen-bond acceptors (Lipinski definition) is 3. The smallest absolute Gasteiger partial charge is 0.338 e. The topological polar surface area (TPSA) is 40.6 Å². The van der Waals surface area contributed by atoms with Crippen LogP contribution in [-0.2, 0) is 11.0 Å². The highest BCUT2D eigenvalue weighted by atomic mass is 32.2. The van der Waals surface area contributed by atoms with Crippen LogP contribution >= 0.6 is 11.8 Å². The second-order valence-corrected chi connectivity index (χ2v) is 9.27. The zero-order chi connectivity index (χ0) is 20.5. The Morgan fingerprint density at radius 1 is 1.18 bits per heavy atom. The fourth-order valence-electron chi connectivity index (χ4n) is 3.90. The van der Waals surface area contributed by atoms with E-state index in [-0.39, 0.29) is 28.2 Å². The molecule has 0 aromatic heterocycles. The van der Waals surface area contributed by atoms with Crippen LogP contribution in [0.4, 0.5) is 13.2 Å². The van der Waals surface area contributed by atoms with E-state index >= 15 is 0 Å². The van der Waals surface area contributed by atoms with Crippen molar-refractivity contribution in [2.75, 3.05) is 25.4 Å². The number of alkyl halides is 3. The van der Waals surface area contributed by atoms with Gasteiger partial charge in [0.1, 0.15) is 0 Å². The Labute approximate surface area is 167 Å². The summed E-state index contributed by atoms with van der Waals surface area (Å²) in [5.74, 6) is 0.935. The summed E-state index contributed by atoms with van der Waals surface area (Å²) in [6, 6.07) is 4.57. The summed E-state index contributed by atoms with van der Waals surface area (Å²) in [6.07, 6.45) is -2.67. The Hall–Kier alpha value is -1.70. The predicted octanol–water partition coefficient (Wildman–Crippen LogP) is 4.26. The van der Waals surface area contributed by atoms with Gasteiger partial charge in [0.25, 0.3) is 5.91 Å². The van der Waals surface area contributed by atoms with E-state index in [9.17, 15) is 22.8 Å². The molecule has 2 heterocycles. The first-order valence-electron chi connectivity index (χ1n) is 9.53. The van der Waals surface area contributed by atoms with Crippen LogP contribution in [0.25, 0.3) is 0 Å². The van der Waals surface area contributed by atoms with Crippen LogP contribution in [0, 0.1) is 5.92 Å². The van der Waals surface area contributed by atoms with Gasteiger partial charge in [-0.15, -0.1) is 11.8 Å². The molecule has 2 fully saturated rings. The van der Waals surface area contributed by atoms with Gasteiger partial charge in [-0.05, 0) is 37.0 Å². The molecule has 0 saturated carbocycles. The van der Waals surface area contributed by atoms with Gasteiger partial charge in [0, 0.05) is 37.4 Å². The Kier molecular flexibility index (Phi) is 5.98. The lowest BCUT2D eigenvalue weighted by Crippen LogP contribution is -2.53. The van der Waals surface area contributed by atoms with Gasteiger partial charge in [-0.2, -0.15) is 13.2 Å². The van der Waals surface area contributed by atoms with Gasteiger partial charge >= 0.3 is 6.18 Å². The molecule has 4 nitrogen and oxygen atoms in total. The van der Waals surface area contributed by atoms with Gasteiger partial charge in [0.15, 0.2) is 0 Å². The average Bonchev–Trinajstić information content (AvgIpc) is 3.04. The second kappa shape index (κ2) is 7.97. The number of amides is 2. The van der Waals surface area contributed by atoms with Crippen molar-refractivity contribution in [2.24, 2.45) is 5.92 Å². The van der Waals surface area contributed by atoms with Crippen molar-refractivity contribution in [1.82, 2.24) is 9.80 Å². The Morgan fingerprint density at radius 3 is 2.46 bits per heavy atom. The average molecular weight is 414 g/mol. The number of benzene rings is 1. The highest BCUT2D eigenvalue weighted by Gasteiger charge is 2.46. The Balaban J connectivity index is 1.68. The van der Waals surface area contributed by atoms with Crippen LogP contribution in [0.3, 0.4) is 0 Å². The molecule has 1 spiro atoms. The first kappa shape index (κ1) is 21.0. The molecule has 8 heteroatoms. The Bertz CT molecular complexity index is 743. The predicted molar refractivity (Wildman–Crippen MR) is 103 cm³/mol. The standard InChI is InChI=1S/C20H25F3N2O2S/c1-14(2)12-17(26)25-10-11-28-19(25)6-8-24(9-7-19)18(27)15-4-3-5-16(13-15)20(21,22)23/h3-5,13-14H,6-12H2,1-2H3. The largest absolute Gasteiger partial charge is 0.416 e. The molecule has 3 rings (SSSR count). The van der Waals surface area contributed by atoms with Crippen molar-refractivity contribution in [3.63, 3.8) is 0 Å². The number of piperidine rings is 1. The van der Waals surface area contributed by atoms with Gasteiger partial charge in [-0.1, -0.05) is 19.9 Å². The lowest BCUT2D eigenvalue weighted by atomic mass is 9.99. The molecule has 2 aliphatic rings. The molecule has 0 N–H and O–H groups in total. The van der Waals surface area contributed by atoms with Gasteiger partial charge in [0.05, 0.1) is 10.4 Å². The van der Waals surface area contributed by atoms with E-state index in [1.807, 2.05) is 18.7 Å². The molecule has 1 aromatic rings. The SMILES string of the molecule is CC(C)CC(=O)N1CCSC12CCN(C(=O)c1cccc(C(F)(F)F)c1)CC2. The maximum Gasteiger partial charge on any atom is 0.416 e. The summed E-state index contributed by atoms with van der Waals surface area (Å²) >= 11 is 1.76. The maximum atomic E-state index is 12.9. The van der Waals surface area contributed by atoms with Crippen LogP contribution in [0.1, 0.15) is 49.0 Å². The number of nitrogens with zero attached hydrogens (tertiary/aromatic N) is 2. The molecule has 154 valence electrons. The van der Waals surface area contributed by atoms with E-state index in [1.165, 1.54) is 12.1 Å². The normalized spacial score (nSPS) is 19.5. The van der Waals surface area contributed by atoms with E-state index in [0.29, 0.717) is 32.4 Å². The van der Waals surface area contributed by atoms with E-state index in [1.54, 1.807) is 16.7 Å². The van der Waals surface area contributed by atoms with Crippen molar-refractivity contribution in [1.29, 1.82) is 0 Å². The molecule has 2 amide bonds. The zero-order valence-electron chi connectivity index (χ0n) is 16.1. The van der Waals surface area contributed by atoms with Gasteiger partial charge in [-0.3, -0.25) is 9.59 Å². The third kappa shape index (κ3) is 4.31. The quantitative estimate of drug-likeness (QED) is 0.742. The van der Waals surface area contributed by atoms with E-state index in [4.69, 9.17) is 0 Å². The minimum atomic E-state index is -4.47. The summed E-state index contributed by atoms with van der Waals surface area (Å²) in [5, 5.41) is 0. The third-order valence-electron chi connectivity index (χ3n) is 5.33. The summed E-state index contributed by atoms with van der Waals surface area (Å²) < 4.78 is 38.8. The van der Waals surface area contributed by atoms with Gasteiger partial charge < -0.3 is 9.80 Å². The number of halogens is 3. The first-order chi connectivity index (χ1) is 13.1. The number of likely N-dealkylation sites (tertiary alicyclic amines) is 1. The lowest BCUT2D eigenvalue weighted by molar-refractivity contribution is -0.137. The number of thioether (sulfide) groups is 1. The molecule has 0 atom stereocenters. The molecule has 0 unspecified atom stereocenters. The van der Waals surface area contributed by atoms with Crippen LogP contribution in [0.5, 0.6) is 0 Å². The number of carbonyl (C=O) groups excluding carboxylic acids is 2. The molecule has 2 saturated heterocycles. The molecule has 0 bridgehead atoms. The Morgan fingerprint density at radius 2 is 1.86 bits per heavy atom. The molecule has 2 aliphatic heterocycles. The highest BCUT2D eigenvalue weighted by molar-refractivity contribution is 8.00. The van der Waals surface area contributed by atoms with E-state index in [0.717, 1.165) is 24.4 Å². The zero-order valence-corrected chi connectivity index (χ0v) is 16.9. The van der Waals surface area contributed by atoms with Crippen LogP contribution < -0.4 is 0 Å². The number of rotatable bonds is 3. The molecule has 1 aromatic carbocycles. The van der Waals surface area contributed by atoms with Crippen molar-refractivity contribution in [3.05, 3.63) is 35.4 Å². The number of hydrogen-bond donors (Lipinski definition) is 0. The molecule has 0 radical (unpaired) electrons. The molecular formula is C20H25F3N2O2S. The van der Waals surface area contributed by atoms with Crippen LogP contribution in [0.2, 0.25) is 0 Å². The fraction of sp³-hybridized carbons (Fsp3) is 0.600. The van der Waals surface area contributed by atoms with Crippen molar-refractivity contribution in [3.8, 4) is 0 Å². The minimum absolute atomic E-state index is 0.0533. The van der Waals surface area contributed by atoms with Crippen molar-refractivity contribution < 1.29 is 22.8 Å². The first-order valence-corrected chi connectivity index (χ1v) is 10.5. The van der Waals surface area contributed by atoms with Crippen LogP contribution in [0.15, 0.2) is 24.3 Å². The highest BCUT2D eigenvalue weighted by Crippen LogP contribution is 2.44. The maximum absolute atomic E-state index is 12.9. The number of carbonyl (C=O) groups is 2. The molecule has 0 aliphatic carbocycles. The summed E-state index contributed by atoms with van der Waals surface area (Å²) in [4.78, 5) is 28.6. The van der Waals surface area contributed by atoms with E-state index < -0.39 is 11.7 Å². The monoisotopic (exact) mass is 414 g/mol. The molecular weight excluding hydrogens is 389 g/mol.